The zero-order valence-electron chi connectivity index (χ0n) is 14.2. The summed E-state index contributed by atoms with van der Waals surface area (Å²) in [6.07, 6.45) is 0.514. The highest BCUT2D eigenvalue weighted by molar-refractivity contribution is 6.32. The van der Waals surface area contributed by atoms with Crippen molar-refractivity contribution in [2.75, 3.05) is 0 Å². The van der Waals surface area contributed by atoms with Crippen LogP contribution in [0, 0.1) is 20.4 Å². The van der Waals surface area contributed by atoms with Crippen LogP contribution in [0.4, 0.5) is 5.82 Å². The predicted octanol–water partition coefficient (Wildman–Crippen LogP) is 4.37. The van der Waals surface area contributed by atoms with Gasteiger partial charge in [-0.25, -0.2) is 5.10 Å². The predicted molar refractivity (Wildman–Crippen MR) is 99.2 cm³/mol. The summed E-state index contributed by atoms with van der Waals surface area (Å²) < 4.78 is 5.79. The third kappa shape index (κ3) is 4.08. The lowest BCUT2D eigenvalue weighted by Crippen LogP contribution is -2.12. The van der Waals surface area contributed by atoms with Crippen molar-refractivity contribution in [1.29, 1.82) is 0 Å². The van der Waals surface area contributed by atoms with Crippen LogP contribution < -0.4 is 10.3 Å². The Hall–Kier alpha value is -3.17. The molecule has 0 amide bonds. The normalized spacial score (nSPS) is 10.4. The van der Waals surface area contributed by atoms with Gasteiger partial charge in [-0.3, -0.25) is 4.79 Å². The van der Waals surface area contributed by atoms with Crippen molar-refractivity contribution in [3.63, 3.8) is 0 Å². The Bertz CT molecular complexity index is 1070. The first kappa shape index (κ1) is 17.6. The summed E-state index contributed by atoms with van der Waals surface area (Å²) in [5.74, 6) is 1.02. The van der Waals surface area contributed by atoms with Gasteiger partial charge in [0.1, 0.15) is 0 Å². The smallest absolute Gasteiger partial charge is 0.314 e. The van der Waals surface area contributed by atoms with Crippen molar-refractivity contribution >= 4 is 17.4 Å². The average molecular weight is 367 g/mol. The maximum absolute atomic E-state index is 11.4. The van der Waals surface area contributed by atoms with Gasteiger partial charge in [0.05, 0.1) is 10.7 Å². The zero-order valence-corrected chi connectivity index (χ0v) is 15.0. The first-order valence-electron chi connectivity index (χ1n) is 7.82. The minimum Gasteiger partial charge on any atom is -0.420 e. The average Bonchev–Trinajstić information content (AvgIpc) is 2.60. The number of nitrogens with zero attached hydrogens (tertiary/aromatic N) is 3. The Balaban J connectivity index is 1.88. The molecule has 1 aromatic carbocycles. The number of ether oxygens (including phenoxy) is 1. The molecule has 0 atom stereocenters. The lowest BCUT2D eigenvalue weighted by molar-refractivity contribution is 0.463. The molecule has 0 radical (unpaired) electrons. The Morgan fingerprint density at radius 2 is 2.04 bits per heavy atom. The first-order chi connectivity index (χ1) is 12.4. The van der Waals surface area contributed by atoms with E-state index in [0.29, 0.717) is 28.6 Å². The SMILES string of the molecule is [C-]#[N+]c1cc(C)cc(Oc2cc(Cc3cc(C)c(=O)[nH]n3)ccc2Cl)n1. The highest BCUT2D eigenvalue weighted by Gasteiger charge is 2.11. The van der Waals surface area contributed by atoms with Crippen LogP contribution in [0.2, 0.25) is 5.02 Å². The van der Waals surface area contributed by atoms with Crippen LogP contribution in [-0.4, -0.2) is 15.2 Å². The van der Waals surface area contributed by atoms with E-state index in [9.17, 15) is 4.79 Å². The van der Waals surface area contributed by atoms with E-state index in [0.717, 1.165) is 16.8 Å². The van der Waals surface area contributed by atoms with E-state index in [-0.39, 0.29) is 11.4 Å². The molecule has 0 aliphatic heterocycles. The van der Waals surface area contributed by atoms with Gasteiger partial charge in [0.25, 0.3) is 11.4 Å². The van der Waals surface area contributed by atoms with Crippen molar-refractivity contribution in [2.24, 2.45) is 0 Å². The van der Waals surface area contributed by atoms with E-state index in [2.05, 4.69) is 20.0 Å². The third-order valence-corrected chi connectivity index (χ3v) is 4.00. The number of hydrogen-bond acceptors (Lipinski definition) is 4. The third-order valence-electron chi connectivity index (χ3n) is 3.68. The molecular formula is C19H15ClN4O2. The topological polar surface area (TPSA) is 72.2 Å². The number of aryl methyl sites for hydroxylation is 2. The highest BCUT2D eigenvalue weighted by Crippen LogP contribution is 2.31. The summed E-state index contributed by atoms with van der Waals surface area (Å²) in [6, 6.07) is 10.6. The second kappa shape index (κ2) is 7.38. The largest absolute Gasteiger partial charge is 0.420 e. The molecule has 6 nitrogen and oxygen atoms in total. The van der Waals surface area contributed by atoms with Crippen molar-refractivity contribution < 1.29 is 4.74 Å². The molecule has 0 fully saturated rings. The summed E-state index contributed by atoms with van der Waals surface area (Å²) in [6.45, 7) is 10.7. The van der Waals surface area contributed by atoms with Gasteiger partial charge in [0.2, 0.25) is 0 Å². The van der Waals surface area contributed by atoms with Crippen LogP contribution in [0.15, 0.2) is 41.2 Å². The molecule has 0 spiro atoms. The standard InChI is InChI=1S/C19H15ClN4O2/c1-11-6-17(21-3)22-18(7-11)26-16-10-13(4-5-15(16)20)9-14-8-12(2)19(25)24-23-14/h4-8,10H,9H2,1-2H3,(H,24,25). The van der Waals surface area contributed by atoms with Gasteiger partial charge >= 0.3 is 5.88 Å². The van der Waals surface area contributed by atoms with E-state index in [4.69, 9.17) is 22.9 Å². The second-order valence-corrected chi connectivity index (χ2v) is 6.27. The molecule has 0 saturated heterocycles. The number of aromatic nitrogens is 3. The molecule has 0 saturated carbocycles. The quantitative estimate of drug-likeness (QED) is 0.696. The minimum absolute atomic E-state index is 0.199. The highest BCUT2D eigenvalue weighted by atomic mass is 35.5. The van der Waals surface area contributed by atoms with Crippen LogP contribution >= 0.6 is 11.6 Å². The number of pyridine rings is 1. The number of benzene rings is 1. The summed E-state index contributed by atoms with van der Waals surface area (Å²) in [5.41, 5.74) is 2.94. The van der Waals surface area contributed by atoms with Crippen LogP contribution in [0.1, 0.15) is 22.4 Å². The lowest BCUT2D eigenvalue weighted by Gasteiger charge is -2.08. The van der Waals surface area contributed by atoms with Crippen molar-refractivity contribution in [3.8, 4) is 11.6 Å². The summed E-state index contributed by atoms with van der Waals surface area (Å²) in [4.78, 5) is 18.9. The fraction of sp³-hybridized carbons (Fsp3) is 0.158. The molecule has 3 rings (SSSR count). The summed E-state index contributed by atoms with van der Waals surface area (Å²) in [5, 5.41) is 6.96. The Labute approximate surface area is 155 Å². The van der Waals surface area contributed by atoms with Gasteiger partial charge in [-0.05, 0) is 43.7 Å². The number of nitrogens with one attached hydrogen (secondary N) is 1. The van der Waals surface area contributed by atoms with E-state index >= 15 is 0 Å². The van der Waals surface area contributed by atoms with Gasteiger partial charge in [-0.2, -0.15) is 5.10 Å². The second-order valence-electron chi connectivity index (χ2n) is 5.87. The molecule has 2 heterocycles. The number of hydrogen-bond donors (Lipinski definition) is 1. The molecule has 0 bridgehead atoms. The van der Waals surface area contributed by atoms with Crippen molar-refractivity contribution in [1.82, 2.24) is 15.2 Å². The molecule has 1 N–H and O–H groups in total. The number of halogens is 1. The van der Waals surface area contributed by atoms with E-state index in [1.165, 1.54) is 0 Å². The van der Waals surface area contributed by atoms with Crippen LogP contribution in [-0.2, 0) is 6.42 Å². The maximum atomic E-state index is 11.4. The van der Waals surface area contributed by atoms with Gasteiger partial charge in [0, 0.05) is 18.1 Å². The number of rotatable bonds is 4. The van der Waals surface area contributed by atoms with E-state index < -0.39 is 0 Å². The molecule has 0 unspecified atom stereocenters. The van der Waals surface area contributed by atoms with Gasteiger partial charge < -0.3 is 9.58 Å². The molecule has 3 aromatic rings. The molecule has 0 aliphatic carbocycles. The van der Waals surface area contributed by atoms with Crippen LogP contribution in [0.5, 0.6) is 11.6 Å². The molecule has 130 valence electrons. The monoisotopic (exact) mass is 366 g/mol. The van der Waals surface area contributed by atoms with Gasteiger partial charge in [-0.15, -0.1) is 0 Å². The molecule has 0 aliphatic rings. The lowest BCUT2D eigenvalue weighted by atomic mass is 10.1. The number of H-pyrrole nitrogens is 1. The molecule has 2 aromatic heterocycles. The maximum Gasteiger partial charge on any atom is 0.314 e. The summed E-state index contributed by atoms with van der Waals surface area (Å²) >= 11 is 6.23. The van der Waals surface area contributed by atoms with Gasteiger partial charge in [0.15, 0.2) is 5.75 Å². The van der Waals surface area contributed by atoms with Crippen molar-refractivity contribution in [2.45, 2.75) is 20.3 Å². The summed E-state index contributed by atoms with van der Waals surface area (Å²) in [7, 11) is 0. The fourth-order valence-electron chi connectivity index (χ4n) is 2.43. The Morgan fingerprint density at radius 1 is 1.23 bits per heavy atom. The molecule has 7 heteroatoms. The van der Waals surface area contributed by atoms with Crippen molar-refractivity contribution in [3.05, 3.63) is 85.6 Å². The fourth-order valence-corrected chi connectivity index (χ4v) is 2.59. The van der Waals surface area contributed by atoms with Gasteiger partial charge in [-0.1, -0.05) is 34.8 Å². The number of aromatic amines is 1. The van der Waals surface area contributed by atoms with E-state index in [1.54, 1.807) is 37.3 Å². The van der Waals surface area contributed by atoms with E-state index in [1.807, 2.05) is 13.0 Å². The Kier molecular flexibility index (Phi) is 5.01. The first-order valence-corrected chi connectivity index (χ1v) is 8.20. The van der Waals surface area contributed by atoms with Crippen LogP contribution in [0.3, 0.4) is 0 Å². The van der Waals surface area contributed by atoms with Crippen LogP contribution in [0.25, 0.3) is 4.85 Å². The Morgan fingerprint density at radius 3 is 2.77 bits per heavy atom. The zero-order chi connectivity index (χ0) is 18.7. The molecular weight excluding hydrogens is 352 g/mol. The minimum atomic E-state index is -0.199. The molecule has 26 heavy (non-hydrogen) atoms.